The fourth-order valence-electron chi connectivity index (χ4n) is 3.85. The summed E-state index contributed by atoms with van der Waals surface area (Å²) >= 11 is 1.96. The van der Waals surface area contributed by atoms with Crippen LogP contribution < -0.4 is 5.32 Å². The van der Waals surface area contributed by atoms with Crippen molar-refractivity contribution in [2.45, 2.75) is 65.0 Å². The van der Waals surface area contributed by atoms with Crippen LogP contribution in [0.2, 0.25) is 0 Å². The normalized spacial score (nSPS) is 24.3. The van der Waals surface area contributed by atoms with Crippen molar-refractivity contribution in [3.05, 3.63) is 34.7 Å². The molecule has 0 bridgehead atoms. The second-order valence-corrected chi connectivity index (χ2v) is 7.70. The predicted octanol–water partition coefficient (Wildman–Crippen LogP) is 5.83. The Balaban J connectivity index is 1.74. The van der Waals surface area contributed by atoms with Gasteiger partial charge in [0, 0.05) is 21.7 Å². The van der Waals surface area contributed by atoms with E-state index in [0.29, 0.717) is 12.1 Å². The summed E-state index contributed by atoms with van der Waals surface area (Å²) in [4.78, 5) is 1.52. The maximum absolute atomic E-state index is 3.91. The van der Waals surface area contributed by atoms with E-state index in [1.807, 2.05) is 11.3 Å². The van der Waals surface area contributed by atoms with Crippen LogP contribution >= 0.6 is 11.3 Å². The van der Waals surface area contributed by atoms with Crippen LogP contribution in [0.4, 0.5) is 0 Å². The summed E-state index contributed by atoms with van der Waals surface area (Å²) in [5, 5.41) is 5.34. The second-order valence-electron chi connectivity index (χ2n) is 6.61. The van der Waals surface area contributed by atoms with Crippen molar-refractivity contribution < 1.29 is 0 Å². The zero-order valence-corrected chi connectivity index (χ0v) is 14.3. The SMILES string of the molecule is CCC1CCCC(NC(C)c2sc3ccccc3c2C)C1. The van der Waals surface area contributed by atoms with Crippen LogP contribution in [-0.4, -0.2) is 6.04 Å². The van der Waals surface area contributed by atoms with Crippen molar-refractivity contribution >= 4 is 21.4 Å². The molecule has 1 aliphatic rings. The van der Waals surface area contributed by atoms with Gasteiger partial charge in [-0.3, -0.25) is 0 Å². The molecule has 1 nitrogen and oxygen atoms in total. The Kier molecular flexibility index (Phi) is 4.66. The molecule has 0 amide bonds. The van der Waals surface area contributed by atoms with Crippen molar-refractivity contribution in [3.8, 4) is 0 Å². The lowest BCUT2D eigenvalue weighted by Crippen LogP contribution is -2.35. The molecule has 0 radical (unpaired) electrons. The van der Waals surface area contributed by atoms with Gasteiger partial charge in [-0.25, -0.2) is 0 Å². The Labute approximate surface area is 132 Å². The largest absolute Gasteiger partial charge is 0.307 e. The van der Waals surface area contributed by atoms with Gasteiger partial charge in [0.1, 0.15) is 0 Å². The van der Waals surface area contributed by atoms with E-state index in [1.54, 1.807) is 0 Å². The van der Waals surface area contributed by atoms with Crippen LogP contribution in [0.1, 0.15) is 62.4 Å². The van der Waals surface area contributed by atoms with Crippen molar-refractivity contribution in [2.24, 2.45) is 5.92 Å². The number of aryl methyl sites for hydroxylation is 1. The fourth-order valence-corrected chi connectivity index (χ4v) is 5.07. The van der Waals surface area contributed by atoms with E-state index in [0.717, 1.165) is 5.92 Å². The van der Waals surface area contributed by atoms with E-state index in [-0.39, 0.29) is 0 Å². The third-order valence-corrected chi connectivity index (χ3v) is 6.58. The number of fused-ring (bicyclic) bond motifs is 1. The quantitative estimate of drug-likeness (QED) is 0.749. The third kappa shape index (κ3) is 3.17. The highest BCUT2D eigenvalue weighted by atomic mass is 32.1. The zero-order valence-electron chi connectivity index (χ0n) is 13.5. The average Bonchev–Trinajstić information content (AvgIpc) is 2.85. The second kappa shape index (κ2) is 6.50. The fraction of sp³-hybridized carbons (Fsp3) is 0.579. The monoisotopic (exact) mass is 301 g/mol. The van der Waals surface area contributed by atoms with Gasteiger partial charge in [0.15, 0.2) is 0 Å². The molecule has 0 spiro atoms. The first-order valence-electron chi connectivity index (χ1n) is 8.43. The van der Waals surface area contributed by atoms with E-state index in [9.17, 15) is 0 Å². The molecule has 0 saturated heterocycles. The van der Waals surface area contributed by atoms with Gasteiger partial charge in [-0.15, -0.1) is 11.3 Å². The molecule has 1 N–H and O–H groups in total. The molecule has 3 atom stereocenters. The highest BCUT2D eigenvalue weighted by molar-refractivity contribution is 7.19. The zero-order chi connectivity index (χ0) is 14.8. The molecule has 1 aromatic heterocycles. The highest BCUT2D eigenvalue weighted by Crippen LogP contribution is 2.35. The minimum absolute atomic E-state index is 0.475. The molecule has 1 fully saturated rings. The van der Waals surface area contributed by atoms with Gasteiger partial charge in [0.2, 0.25) is 0 Å². The lowest BCUT2D eigenvalue weighted by atomic mass is 9.84. The van der Waals surface area contributed by atoms with Crippen LogP contribution in [0.15, 0.2) is 24.3 Å². The molecule has 2 aromatic rings. The van der Waals surface area contributed by atoms with E-state index >= 15 is 0 Å². The molecule has 0 aliphatic heterocycles. The third-order valence-electron chi connectivity index (χ3n) is 5.12. The van der Waals surface area contributed by atoms with Crippen molar-refractivity contribution in [1.82, 2.24) is 5.32 Å². The molecule has 3 unspecified atom stereocenters. The van der Waals surface area contributed by atoms with Crippen LogP contribution in [0.3, 0.4) is 0 Å². The molecule has 2 heteroatoms. The number of hydrogen-bond donors (Lipinski definition) is 1. The van der Waals surface area contributed by atoms with Crippen molar-refractivity contribution in [3.63, 3.8) is 0 Å². The summed E-state index contributed by atoms with van der Waals surface area (Å²) in [6, 6.07) is 9.98. The number of thiophene rings is 1. The number of nitrogens with one attached hydrogen (secondary N) is 1. The summed E-state index contributed by atoms with van der Waals surface area (Å²) in [5.74, 6) is 0.937. The van der Waals surface area contributed by atoms with E-state index in [4.69, 9.17) is 0 Å². The maximum Gasteiger partial charge on any atom is 0.0391 e. The summed E-state index contributed by atoms with van der Waals surface area (Å²) in [6.07, 6.45) is 6.89. The Bertz CT molecular complexity index is 601. The van der Waals surface area contributed by atoms with Crippen molar-refractivity contribution in [1.29, 1.82) is 0 Å². The molecule has 1 aromatic carbocycles. The van der Waals surface area contributed by atoms with Gasteiger partial charge in [-0.05, 0) is 49.6 Å². The van der Waals surface area contributed by atoms with Gasteiger partial charge in [-0.1, -0.05) is 44.4 Å². The first-order valence-corrected chi connectivity index (χ1v) is 9.24. The van der Waals surface area contributed by atoms with Crippen LogP contribution in [0.25, 0.3) is 10.1 Å². The molecular weight excluding hydrogens is 274 g/mol. The first kappa shape index (κ1) is 15.1. The summed E-state index contributed by atoms with van der Waals surface area (Å²) in [7, 11) is 0. The lowest BCUT2D eigenvalue weighted by molar-refractivity contribution is 0.266. The number of rotatable bonds is 4. The number of benzene rings is 1. The molecule has 21 heavy (non-hydrogen) atoms. The molecule has 1 saturated carbocycles. The van der Waals surface area contributed by atoms with Gasteiger partial charge in [0.05, 0.1) is 0 Å². The number of hydrogen-bond acceptors (Lipinski definition) is 2. The summed E-state index contributed by atoms with van der Waals surface area (Å²) in [5.41, 5.74) is 1.47. The van der Waals surface area contributed by atoms with Crippen LogP contribution in [0.5, 0.6) is 0 Å². The molecular formula is C19H27NS. The topological polar surface area (TPSA) is 12.0 Å². The predicted molar refractivity (Wildman–Crippen MR) is 94.1 cm³/mol. The minimum atomic E-state index is 0.475. The van der Waals surface area contributed by atoms with Crippen molar-refractivity contribution in [2.75, 3.05) is 0 Å². The minimum Gasteiger partial charge on any atom is -0.307 e. The smallest absolute Gasteiger partial charge is 0.0391 e. The van der Waals surface area contributed by atoms with Crippen LogP contribution in [-0.2, 0) is 0 Å². The maximum atomic E-state index is 3.91. The molecule has 3 rings (SSSR count). The average molecular weight is 301 g/mol. The Hall–Kier alpha value is -0.860. The van der Waals surface area contributed by atoms with E-state index < -0.39 is 0 Å². The van der Waals surface area contributed by atoms with E-state index in [2.05, 4.69) is 50.4 Å². The standard InChI is InChI=1S/C19H27NS/c1-4-15-8-7-9-16(12-15)20-14(3)19-13(2)17-10-5-6-11-18(17)21-19/h5-6,10-11,14-16,20H,4,7-9,12H2,1-3H3. The lowest BCUT2D eigenvalue weighted by Gasteiger charge is -2.31. The van der Waals surface area contributed by atoms with Gasteiger partial charge in [-0.2, -0.15) is 0 Å². The molecule has 1 aliphatic carbocycles. The summed E-state index contributed by atoms with van der Waals surface area (Å²) in [6.45, 7) is 6.96. The highest BCUT2D eigenvalue weighted by Gasteiger charge is 2.23. The van der Waals surface area contributed by atoms with Gasteiger partial charge >= 0.3 is 0 Å². The Morgan fingerprint density at radius 3 is 2.86 bits per heavy atom. The van der Waals surface area contributed by atoms with Gasteiger partial charge < -0.3 is 5.32 Å². The van der Waals surface area contributed by atoms with Crippen LogP contribution in [0, 0.1) is 12.8 Å². The van der Waals surface area contributed by atoms with Gasteiger partial charge in [0.25, 0.3) is 0 Å². The Morgan fingerprint density at radius 1 is 1.29 bits per heavy atom. The molecule has 114 valence electrons. The first-order chi connectivity index (χ1) is 10.2. The Morgan fingerprint density at radius 2 is 2.10 bits per heavy atom. The van der Waals surface area contributed by atoms with E-state index in [1.165, 1.54) is 52.6 Å². The summed E-state index contributed by atoms with van der Waals surface area (Å²) < 4.78 is 1.42. The molecule has 1 heterocycles.